The Morgan fingerprint density at radius 2 is 1.75 bits per heavy atom. The number of hydrogen-bond acceptors (Lipinski definition) is 8. The second kappa shape index (κ2) is 7.20. The summed E-state index contributed by atoms with van der Waals surface area (Å²) in [5.41, 5.74) is 6.11. The quantitative estimate of drug-likeness (QED) is 0.619. The number of halogens is 3. The number of benzene rings is 1. The summed E-state index contributed by atoms with van der Waals surface area (Å²) in [6.07, 6.45) is -1.87. The number of thiazole rings is 1. The molecule has 0 bridgehead atoms. The molecule has 146 valence electrons. The van der Waals surface area contributed by atoms with E-state index in [1.54, 1.807) is 0 Å². The van der Waals surface area contributed by atoms with Crippen LogP contribution in [0.15, 0.2) is 52.5 Å². The molecule has 0 fully saturated rings. The summed E-state index contributed by atoms with van der Waals surface area (Å²) in [5, 5.41) is 0.345. The summed E-state index contributed by atoms with van der Waals surface area (Å²) in [6, 6.07) is 4.92. The monoisotopic (exact) mass is 429 g/mol. The largest absolute Gasteiger partial charge is 0.573 e. The van der Waals surface area contributed by atoms with Gasteiger partial charge in [0.25, 0.3) is 0 Å². The van der Waals surface area contributed by atoms with E-state index in [1.165, 1.54) is 12.3 Å². The number of ether oxygens (including phenoxy) is 1. The predicted octanol–water partition coefficient (Wildman–Crippen LogP) is 3.33. The number of anilines is 1. The summed E-state index contributed by atoms with van der Waals surface area (Å²) in [7, 11) is -4.07. The molecule has 0 aliphatic rings. The fourth-order valence-electron chi connectivity index (χ4n) is 2.19. The van der Waals surface area contributed by atoms with Gasteiger partial charge in [0.05, 0.1) is 20.4 Å². The molecule has 3 rings (SSSR count). The molecule has 12 heteroatoms. The van der Waals surface area contributed by atoms with E-state index in [4.69, 9.17) is 5.73 Å². The van der Waals surface area contributed by atoms with Crippen molar-refractivity contribution < 1.29 is 31.1 Å². The van der Waals surface area contributed by atoms with Crippen LogP contribution in [0.3, 0.4) is 0 Å². The molecule has 0 aliphatic heterocycles. The van der Waals surface area contributed by atoms with Gasteiger partial charge in [-0.25, -0.2) is 13.4 Å². The number of pyridine rings is 1. The number of carbonyl (C=O) groups excluding carboxylic acids is 1. The minimum atomic E-state index is -4.88. The van der Waals surface area contributed by atoms with Crippen LogP contribution in [0.25, 0.3) is 10.7 Å². The SMILES string of the molecule is Nc1cc(S(=O)(=O)c2ccc(OC(F)(F)F)cc2)cnc1-c1ncc(C=O)s1. The van der Waals surface area contributed by atoms with Crippen LogP contribution in [0.4, 0.5) is 18.9 Å². The van der Waals surface area contributed by atoms with Crippen LogP contribution in [0, 0.1) is 0 Å². The highest BCUT2D eigenvalue weighted by molar-refractivity contribution is 7.91. The number of nitrogens with two attached hydrogens (primary N) is 1. The maximum absolute atomic E-state index is 12.7. The molecule has 0 spiro atoms. The van der Waals surface area contributed by atoms with E-state index < -0.39 is 21.9 Å². The highest BCUT2D eigenvalue weighted by Crippen LogP contribution is 2.31. The first kappa shape index (κ1) is 19.8. The number of aromatic nitrogens is 2. The van der Waals surface area contributed by atoms with Crippen molar-refractivity contribution >= 4 is 33.1 Å². The summed E-state index contributed by atoms with van der Waals surface area (Å²) in [4.78, 5) is 18.6. The minimum absolute atomic E-state index is 0.0184. The van der Waals surface area contributed by atoms with Crippen molar-refractivity contribution in [3.63, 3.8) is 0 Å². The Morgan fingerprint density at radius 3 is 2.29 bits per heavy atom. The van der Waals surface area contributed by atoms with Crippen LogP contribution in [-0.4, -0.2) is 31.0 Å². The molecule has 0 amide bonds. The standard InChI is InChI=1S/C16H10F3N3O4S2/c17-16(18,19)26-9-1-3-11(4-2-9)28(24,25)12-5-13(20)14(21-7-12)15-22-6-10(8-23)27-15/h1-8H,20H2. The molecule has 2 heterocycles. The Labute approximate surface area is 160 Å². The van der Waals surface area contributed by atoms with Gasteiger partial charge in [-0.1, -0.05) is 0 Å². The number of carbonyl (C=O) groups is 1. The summed E-state index contributed by atoms with van der Waals surface area (Å²) >= 11 is 1.04. The first-order chi connectivity index (χ1) is 13.1. The van der Waals surface area contributed by atoms with Crippen LogP contribution in [0.5, 0.6) is 5.75 Å². The molecule has 1 aromatic carbocycles. The number of rotatable bonds is 5. The Balaban J connectivity index is 1.91. The van der Waals surface area contributed by atoms with Crippen LogP contribution in [-0.2, 0) is 9.84 Å². The van der Waals surface area contributed by atoms with Gasteiger partial charge in [0, 0.05) is 12.4 Å². The zero-order valence-corrected chi connectivity index (χ0v) is 15.3. The molecule has 2 N–H and O–H groups in total. The summed E-state index contributed by atoms with van der Waals surface area (Å²) in [5.74, 6) is -0.547. The van der Waals surface area contributed by atoms with Crippen molar-refractivity contribution in [3.05, 3.63) is 47.6 Å². The van der Waals surface area contributed by atoms with Gasteiger partial charge in [0.15, 0.2) is 6.29 Å². The Hall–Kier alpha value is -2.99. The molecule has 0 unspecified atom stereocenters. The Bertz CT molecular complexity index is 1130. The first-order valence-corrected chi connectivity index (χ1v) is 9.68. The molecule has 0 radical (unpaired) electrons. The molecule has 28 heavy (non-hydrogen) atoms. The molecule has 7 nitrogen and oxygen atoms in total. The lowest BCUT2D eigenvalue weighted by Gasteiger charge is -2.10. The number of alkyl halides is 3. The van der Waals surface area contributed by atoms with Crippen molar-refractivity contribution in [2.45, 2.75) is 16.2 Å². The third-order valence-corrected chi connectivity index (χ3v) is 6.08. The van der Waals surface area contributed by atoms with Gasteiger partial charge in [-0.15, -0.1) is 24.5 Å². The lowest BCUT2D eigenvalue weighted by Crippen LogP contribution is -2.17. The van der Waals surface area contributed by atoms with Crippen molar-refractivity contribution in [3.8, 4) is 16.5 Å². The third kappa shape index (κ3) is 4.12. The van der Waals surface area contributed by atoms with Crippen LogP contribution in [0.1, 0.15) is 9.67 Å². The topological polar surface area (TPSA) is 112 Å². The van der Waals surface area contributed by atoms with E-state index in [1.807, 2.05) is 0 Å². The molecule has 0 saturated carbocycles. The van der Waals surface area contributed by atoms with Gasteiger partial charge < -0.3 is 10.5 Å². The number of sulfone groups is 1. The maximum atomic E-state index is 12.7. The van der Waals surface area contributed by atoms with E-state index in [-0.39, 0.29) is 21.2 Å². The second-order valence-electron chi connectivity index (χ2n) is 5.32. The first-order valence-electron chi connectivity index (χ1n) is 7.38. The van der Waals surface area contributed by atoms with Gasteiger partial charge in [0.1, 0.15) is 16.5 Å². The molecule has 0 saturated heterocycles. The highest BCUT2D eigenvalue weighted by atomic mass is 32.2. The van der Waals surface area contributed by atoms with E-state index >= 15 is 0 Å². The average molecular weight is 429 g/mol. The summed E-state index contributed by atoms with van der Waals surface area (Å²) < 4.78 is 65.6. The third-order valence-electron chi connectivity index (χ3n) is 3.41. The fraction of sp³-hybridized carbons (Fsp3) is 0.0625. The van der Waals surface area contributed by atoms with Crippen molar-refractivity contribution in [2.75, 3.05) is 5.73 Å². The molecular formula is C16H10F3N3O4S2. The zero-order chi connectivity index (χ0) is 20.5. The fourth-order valence-corrected chi connectivity index (χ4v) is 4.18. The van der Waals surface area contributed by atoms with Gasteiger partial charge >= 0.3 is 6.36 Å². The predicted molar refractivity (Wildman–Crippen MR) is 93.7 cm³/mol. The van der Waals surface area contributed by atoms with E-state index in [0.29, 0.717) is 16.2 Å². The lowest BCUT2D eigenvalue weighted by molar-refractivity contribution is -0.274. The van der Waals surface area contributed by atoms with Gasteiger partial charge in [-0.3, -0.25) is 9.78 Å². The smallest absolute Gasteiger partial charge is 0.406 e. The van der Waals surface area contributed by atoms with E-state index in [2.05, 4.69) is 14.7 Å². The van der Waals surface area contributed by atoms with E-state index in [0.717, 1.165) is 41.8 Å². The van der Waals surface area contributed by atoms with Gasteiger partial charge in [-0.2, -0.15) is 0 Å². The minimum Gasteiger partial charge on any atom is -0.406 e. The highest BCUT2D eigenvalue weighted by Gasteiger charge is 2.31. The van der Waals surface area contributed by atoms with Gasteiger partial charge in [-0.05, 0) is 30.3 Å². The lowest BCUT2D eigenvalue weighted by atomic mass is 10.3. The molecule has 0 aliphatic carbocycles. The van der Waals surface area contributed by atoms with Gasteiger partial charge in [0.2, 0.25) is 9.84 Å². The average Bonchev–Trinajstić information content (AvgIpc) is 3.09. The van der Waals surface area contributed by atoms with Crippen LogP contribution >= 0.6 is 11.3 Å². The van der Waals surface area contributed by atoms with E-state index in [9.17, 15) is 26.4 Å². The normalized spacial score (nSPS) is 12.0. The van der Waals surface area contributed by atoms with Crippen molar-refractivity contribution in [1.29, 1.82) is 0 Å². The Kier molecular flexibility index (Phi) is 5.08. The second-order valence-corrected chi connectivity index (χ2v) is 8.33. The summed E-state index contributed by atoms with van der Waals surface area (Å²) in [6.45, 7) is 0. The van der Waals surface area contributed by atoms with Crippen LogP contribution in [0.2, 0.25) is 0 Å². The number of nitrogen functional groups attached to an aromatic ring is 1. The number of aldehydes is 1. The van der Waals surface area contributed by atoms with Crippen molar-refractivity contribution in [1.82, 2.24) is 9.97 Å². The van der Waals surface area contributed by atoms with Crippen molar-refractivity contribution in [2.24, 2.45) is 0 Å². The van der Waals surface area contributed by atoms with Crippen LogP contribution < -0.4 is 10.5 Å². The number of nitrogens with zero attached hydrogens (tertiary/aromatic N) is 2. The maximum Gasteiger partial charge on any atom is 0.573 e. The molecular weight excluding hydrogens is 419 g/mol. The molecule has 2 aromatic heterocycles. The number of hydrogen-bond donors (Lipinski definition) is 1. The molecule has 3 aromatic rings. The Morgan fingerprint density at radius 1 is 1.07 bits per heavy atom. The molecule has 0 atom stereocenters. The zero-order valence-electron chi connectivity index (χ0n) is 13.7.